The maximum Gasteiger partial charge on any atom is 0.194 e. The highest BCUT2D eigenvalue weighted by Gasteiger charge is 2.31. The molecule has 2 aliphatic heterocycles. The predicted octanol–water partition coefficient (Wildman–Crippen LogP) is 4.02. The fourth-order valence-electron chi connectivity index (χ4n) is 5.24. The molecule has 1 aliphatic carbocycles. The number of rotatable bonds is 4. The quantitative estimate of drug-likeness (QED) is 0.567. The van der Waals surface area contributed by atoms with E-state index in [2.05, 4.69) is 84.2 Å². The summed E-state index contributed by atoms with van der Waals surface area (Å²) in [6.07, 6.45) is 2.34. The minimum Gasteiger partial charge on any atom is -0.370 e. The molecule has 2 fully saturated rings. The van der Waals surface area contributed by atoms with Crippen molar-refractivity contribution in [3.63, 3.8) is 0 Å². The van der Waals surface area contributed by atoms with Crippen LogP contribution in [0.15, 0.2) is 36.4 Å². The first-order valence-electron chi connectivity index (χ1n) is 11.1. The third-order valence-electron chi connectivity index (χ3n) is 7.30. The largest absolute Gasteiger partial charge is 0.370 e. The molecular weight excluding hydrogens is 443 g/mol. The van der Waals surface area contributed by atoms with E-state index in [4.69, 9.17) is 0 Å². The summed E-state index contributed by atoms with van der Waals surface area (Å²) in [6.45, 7) is 4.15. The standard InChI is InChI=1S/C25H32N4O.2ClH/c1-26(2)19-9-11-28(15-19)17-5-7-21-22-8-6-18(14-24(22)25(30)23(21)13-17)29-12-10-20(16-29)27(3)4;;/h5-8,13-14,19-20H,9-12,15-16H2,1-4H3;2*1H. The van der Waals surface area contributed by atoms with Crippen molar-refractivity contribution in [2.75, 3.05) is 64.2 Å². The number of carbonyl (C=O) groups excluding carboxylic acids is 1. The fraction of sp³-hybridized carbons (Fsp3) is 0.480. The average molecular weight is 477 g/mol. The number of likely N-dealkylation sites (N-methyl/N-ethyl adjacent to an activating group) is 2. The van der Waals surface area contributed by atoms with Crippen LogP contribution >= 0.6 is 24.8 Å². The van der Waals surface area contributed by atoms with Gasteiger partial charge < -0.3 is 19.6 Å². The number of anilines is 2. The highest BCUT2D eigenvalue weighted by molar-refractivity contribution is 6.22. The van der Waals surface area contributed by atoms with Crippen molar-refractivity contribution in [1.82, 2.24) is 9.80 Å². The summed E-state index contributed by atoms with van der Waals surface area (Å²) in [6, 6.07) is 14.1. The molecule has 2 atom stereocenters. The van der Waals surface area contributed by atoms with Crippen LogP contribution in [0, 0.1) is 0 Å². The molecule has 5 rings (SSSR count). The molecule has 3 aliphatic rings. The third-order valence-corrected chi connectivity index (χ3v) is 7.30. The lowest BCUT2D eigenvalue weighted by Crippen LogP contribution is -2.31. The van der Waals surface area contributed by atoms with Gasteiger partial charge in [-0.15, -0.1) is 24.8 Å². The first-order valence-corrected chi connectivity index (χ1v) is 11.1. The normalized spacial score (nSPS) is 21.6. The molecular formula is C25H34Cl2N4O. The Labute approximate surface area is 204 Å². The average Bonchev–Trinajstić information content (AvgIpc) is 3.47. The van der Waals surface area contributed by atoms with Crippen molar-refractivity contribution < 1.29 is 4.79 Å². The van der Waals surface area contributed by atoms with E-state index in [1.165, 1.54) is 24.2 Å². The molecule has 0 amide bonds. The van der Waals surface area contributed by atoms with E-state index >= 15 is 0 Å². The smallest absolute Gasteiger partial charge is 0.194 e. The zero-order valence-corrected chi connectivity index (χ0v) is 21.0. The molecule has 0 aromatic heterocycles. The zero-order valence-electron chi connectivity index (χ0n) is 19.4. The molecule has 32 heavy (non-hydrogen) atoms. The zero-order chi connectivity index (χ0) is 21.0. The summed E-state index contributed by atoms with van der Waals surface area (Å²) < 4.78 is 0. The highest BCUT2D eigenvalue weighted by atomic mass is 35.5. The molecule has 2 heterocycles. The minimum atomic E-state index is 0. The monoisotopic (exact) mass is 476 g/mol. The van der Waals surface area contributed by atoms with Crippen molar-refractivity contribution >= 4 is 42.0 Å². The van der Waals surface area contributed by atoms with Crippen LogP contribution in [0.2, 0.25) is 0 Å². The first-order chi connectivity index (χ1) is 14.4. The molecule has 0 spiro atoms. The molecule has 7 heteroatoms. The van der Waals surface area contributed by atoms with Crippen LogP contribution in [0.5, 0.6) is 0 Å². The number of carbonyl (C=O) groups is 1. The van der Waals surface area contributed by atoms with Crippen LogP contribution in [-0.2, 0) is 0 Å². The molecule has 2 saturated heterocycles. The van der Waals surface area contributed by atoms with Gasteiger partial charge in [-0.1, -0.05) is 12.1 Å². The maximum absolute atomic E-state index is 13.3. The number of halogens is 2. The lowest BCUT2D eigenvalue weighted by Gasteiger charge is -2.22. The van der Waals surface area contributed by atoms with Crippen LogP contribution in [0.3, 0.4) is 0 Å². The summed E-state index contributed by atoms with van der Waals surface area (Å²) in [5.74, 6) is 0.176. The molecule has 0 bridgehead atoms. The predicted molar refractivity (Wildman–Crippen MR) is 138 cm³/mol. The maximum atomic E-state index is 13.3. The van der Waals surface area contributed by atoms with E-state index in [0.29, 0.717) is 12.1 Å². The lowest BCUT2D eigenvalue weighted by molar-refractivity contribution is 0.104. The Kier molecular flexibility index (Phi) is 7.45. The van der Waals surface area contributed by atoms with E-state index in [0.717, 1.165) is 48.4 Å². The van der Waals surface area contributed by atoms with E-state index in [1.54, 1.807) is 0 Å². The Bertz CT molecular complexity index is 916. The van der Waals surface area contributed by atoms with Gasteiger partial charge in [0.15, 0.2) is 5.78 Å². The van der Waals surface area contributed by atoms with Gasteiger partial charge in [0.05, 0.1) is 0 Å². The molecule has 0 radical (unpaired) electrons. The Morgan fingerprint density at radius 3 is 1.44 bits per heavy atom. The molecule has 2 unspecified atom stereocenters. The van der Waals surface area contributed by atoms with Gasteiger partial charge in [0.1, 0.15) is 0 Å². The number of hydrogen-bond acceptors (Lipinski definition) is 5. The Hall–Kier alpha value is -1.79. The van der Waals surface area contributed by atoms with E-state index in [-0.39, 0.29) is 30.6 Å². The SMILES string of the molecule is CN(C)C1CCN(c2ccc3c(c2)C(=O)c2cc(N4CCC(N(C)C)C4)ccc2-3)C1.Cl.Cl. The molecule has 2 aromatic rings. The Balaban J connectivity index is 0.00000144. The van der Waals surface area contributed by atoms with Gasteiger partial charge in [-0.25, -0.2) is 0 Å². The van der Waals surface area contributed by atoms with Crippen LogP contribution in [0.1, 0.15) is 28.8 Å². The second-order valence-corrected chi connectivity index (χ2v) is 9.49. The van der Waals surface area contributed by atoms with Gasteiger partial charge in [0, 0.05) is 60.8 Å². The number of ketones is 1. The van der Waals surface area contributed by atoms with Gasteiger partial charge in [-0.3, -0.25) is 4.79 Å². The van der Waals surface area contributed by atoms with Gasteiger partial charge in [0.2, 0.25) is 0 Å². The summed E-state index contributed by atoms with van der Waals surface area (Å²) in [5.41, 5.74) is 6.24. The molecule has 174 valence electrons. The van der Waals surface area contributed by atoms with Crippen molar-refractivity contribution in [2.24, 2.45) is 0 Å². The van der Waals surface area contributed by atoms with Gasteiger partial charge in [-0.2, -0.15) is 0 Å². The fourth-order valence-corrected chi connectivity index (χ4v) is 5.24. The van der Waals surface area contributed by atoms with Crippen molar-refractivity contribution in [3.05, 3.63) is 47.5 Å². The number of benzene rings is 2. The number of fused-ring (bicyclic) bond motifs is 3. The summed E-state index contributed by atoms with van der Waals surface area (Å²) in [4.78, 5) is 22.7. The van der Waals surface area contributed by atoms with Crippen molar-refractivity contribution in [3.8, 4) is 11.1 Å². The summed E-state index contributed by atoms with van der Waals surface area (Å²) in [7, 11) is 8.59. The van der Waals surface area contributed by atoms with Crippen LogP contribution < -0.4 is 9.80 Å². The van der Waals surface area contributed by atoms with Crippen LogP contribution in [-0.4, -0.2) is 82.0 Å². The van der Waals surface area contributed by atoms with Gasteiger partial charge in [-0.05, 0) is 76.4 Å². The second kappa shape index (κ2) is 9.60. The van der Waals surface area contributed by atoms with Crippen LogP contribution in [0.4, 0.5) is 11.4 Å². The van der Waals surface area contributed by atoms with E-state index < -0.39 is 0 Å². The van der Waals surface area contributed by atoms with Gasteiger partial charge in [0.25, 0.3) is 0 Å². The third kappa shape index (κ3) is 4.24. The van der Waals surface area contributed by atoms with Gasteiger partial charge >= 0.3 is 0 Å². The number of nitrogens with zero attached hydrogens (tertiary/aromatic N) is 4. The highest BCUT2D eigenvalue weighted by Crippen LogP contribution is 2.41. The van der Waals surface area contributed by atoms with E-state index in [1.807, 2.05) is 0 Å². The molecule has 0 N–H and O–H groups in total. The Morgan fingerprint density at radius 2 is 1.09 bits per heavy atom. The number of hydrogen-bond donors (Lipinski definition) is 0. The van der Waals surface area contributed by atoms with Crippen molar-refractivity contribution in [2.45, 2.75) is 24.9 Å². The first kappa shape index (κ1) is 24.8. The van der Waals surface area contributed by atoms with Crippen LogP contribution in [0.25, 0.3) is 11.1 Å². The second-order valence-electron chi connectivity index (χ2n) is 9.49. The minimum absolute atomic E-state index is 0. The Morgan fingerprint density at radius 1 is 0.688 bits per heavy atom. The summed E-state index contributed by atoms with van der Waals surface area (Å²) >= 11 is 0. The molecule has 2 aromatic carbocycles. The summed E-state index contributed by atoms with van der Waals surface area (Å²) in [5, 5.41) is 0. The topological polar surface area (TPSA) is 30.0 Å². The molecule has 5 nitrogen and oxygen atoms in total. The van der Waals surface area contributed by atoms with Crippen molar-refractivity contribution in [1.29, 1.82) is 0 Å². The molecule has 0 saturated carbocycles. The lowest BCUT2D eigenvalue weighted by atomic mass is 10.0. The van der Waals surface area contributed by atoms with E-state index in [9.17, 15) is 4.79 Å².